The van der Waals surface area contributed by atoms with Crippen LogP contribution in [-0.4, -0.2) is 13.7 Å². The van der Waals surface area contributed by atoms with E-state index in [1.165, 1.54) is 5.56 Å². The van der Waals surface area contributed by atoms with E-state index in [-0.39, 0.29) is 0 Å². The Bertz CT molecular complexity index is 339. The third-order valence-electron chi connectivity index (χ3n) is 2.59. The average molecular weight is 286 g/mol. The number of benzene rings is 1. The smallest absolute Gasteiger partial charge is 0.133 e. The molecule has 90 valence electrons. The molecule has 0 fully saturated rings. The molecule has 1 unspecified atom stereocenters. The van der Waals surface area contributed by atoms with E-state index >= 15 is 0 Å². The molecule has 0 saturated carbocycles. The van der Waals surface area contributed by atoms with Gasteiger partial charge >= 0.3 is 0 Å². The summed E-state index contributed by atoms with van der Waals surface area (Å²) in [5.41, 5.74) is 1.29. The van der Waals surface area contributed by atoms with Gasteiger partial charge in [0.2, 0.25) is 0 Å². The first-order valence-electron chi connectivity index (χ1n) is 5.69. The van der Waals surface area contributed by atoms with Crippen LogP contribution in [-0.2, 0) is 0 Å². The highest BCUT2D eigenvalue weighted by atomic mass is 79.9. The molecule has 16 heavy (non-hydrogen) atoms. The van der Waals surface area contributed by atoms with Gasteiger partial charge in [-0.05, 0) is 53.5 Å². The second kappa shape index (κ2) is 6.26. The van der Waals surface area contributed by atoms with Crippen molar-refractivity contribution < 1.29 is 4.74 Å². The number of ether oxygens (including phenoxy) is 1. The van der Waals surface area contributed by atoms with E-state index in [0.717, 1.165) is 10.2 Å². The second-order valence-electron chi connectivity index (χ2n) is 4.13. The maximum atomic E-state index is 5.50. The molecular formula is C13H20BrNO. The zero-order chi connectivity index (χ0) is 12.1. The summed E-state index contributed by atoms with van der Waals surface area (Å²) in [5.74, 6) is 1.47. The molecular weight excluding hydrogens is 266 g/mol. The first-order chi connectivity index (χ1) is 7.60. The van der Waals surface area contributed by atoms with E-state index in [1.54, 1.807) is 0 Å². The molecule has 0 spiro atoms. The summed E-state index contributed by atoms with van der Waals surface area (Å²) in [6.07, 6.45) is 0. The van der Waals surface area contributed by atoms with Gasteiger partial charge in [0.15, 0.2) is 0 Å². The number of hydrogen-bond acceptors (Lipinski definition) is 2. The minimum absolute atomic E-state index is 0.381. The summed E-state index contributed by atoms with van der Waals surface area (Å²) in [6, 6.07) is 6.66. The van der Waals surface area contributed by atoms with Crippen molar-refractivity contribution in [1.82, 2.24) is 5.32 Å². The molecule has 0 bridgehead atoms. The third-order valence-corrected chi connectivity index (χ3v) is 3.21. The molecule has 0 aliphatic heterocycles. The molecule has 2 nitrogen and oxygen atoms in total. The van der Waals surface area contributed by atoms with Crippen LogP contribution in [0.5, 0.6) is 5.75 Å². The van der Waals surface area contributed by atoms with Gasteiger partial charge in [-0.1, -0.05) is 19.9 Å². The zero-order valence-electron chi connectivity index (χ0n) is 10.4. The normalized spacial score (nSPS) is 12.9. The summed E-state index contributed by atoms with van der Waals surface area (Å²) >= 11 is 3.54. The highest BCUT2D eigenvalue weighted by Crippen LogP contribution is 2.30. The van der Waals surface area contributed by atoms with Crippen LogP contribution in [0.25, 0.3) is 0 Å². The molecule has 1 atom stereocenters. The van der Waals surface area contributed by atoms with Gasteiger partial charge in [0.1, 0.15) is 5.75 Å². The van der Waals surface area contributed by atoms with Gasteiger partial charge in [0.05, 0.1) is 11.1 Å². The predicted molar refractivity (Wildman–Crippen MR) is 71.9 cm³/mol. The van der Waals surface area contributed by atoms with E-state index in [0.29, 0.717) is 18.6 Å². The van der Waals surface area contributed by atoms with Gasteiger partial charge in [-0.25, -0.2) is 0 Å². The Labute approximate surface area is 107 Å². The molecule has 1 aromatic rings. The molecule has 0 radical (unpaired) electrons. The van der Waals surface area contributed by atoms with Crippen LogP contribution >= 0.6 is 15.9 Å². The van der Waals surface area contributed by atoms with Crippen LogP contribution in [0, 0.1) is 5.92 Å². The van der Waals surface area contributed by atoms with Gasteiger partial charge in [-0.3, -0.25) is 0 Å². The van der Waals surface area contributed by atoms with Crippen molar-refractivity contribution in [2.75, 3.05) is 13.7 Å². The molecule has 1 aromatic carbocycles. The standard InChI is InChI=1S/C13H20BrNO/c1-5-16-12-7-6-10(8-11(12)14)13(15-4)9(2)3/h6-9,13,15H,5H2,1-4H3. The number of halogens is 1. The Morgan fingerprint density at radius 1 is 1.38 bits per heavy atom. The van der Waals surface area contributed by atoms with Crippen molar-refractivity contribution in [1.29, 1.82) is 0 Å². The monoisotopic (exact) mass is 285 g/mol. The van der Waals surface area contributed by atoms with Crippen molar-refractivity contribution in [2.45, 2.75) is 26.8 Å². The summed E-state index contributed by atoms with van der Waals surface area (Å²) in [7, 11) is 2.00. The van der Waals surface area contributed by atoms with Crippen LogP contribution in [0.3, 0.4) is 0 Å². The first kappa shape index (κ1) is 13.5. The van der Waals surface area contributed by atoms with Crippen LogP contribution in [0.1, 0.15) is 32.4 Å². The number of rotatable bonds is 5. The van der Waals surface area contributed by atoms with E-state index in [2.05, 4.69) is 47.2 Å². The molecule has 0 saturated heterocycles. The van der Waals surface area contributed by atoms with E-state index in [9.17, 15) is 0 Å². The van der Waals surface area contributed by atoms with Crippen LogP contribution in [0.15, 0.2) is 22.7 Å². The molecule has 3 heteroatoms. The highest BCUT2D eigenvalue weighted by Gasteiger charge is 2.14. The van der Waals surface area contributed by atoms with Gasteiger partial charge < -0.3 is 10.1 Å². The lowest BCUT2D eigenvalue weighted by atomic mass is 9.96. The summed E-state index contributed by atoms with van der Waals surface area (Å²) in [5, 5.41) is 3.33. The van der Waals surface area contributed by atoms with Crippen LogP contribution < -0.4 is 10.1 Å². The minimum Gasteiger partial charge on any atom is -0.493 e. The molecule has 0 amide bonds. The van der Waals surface area contributed by atoms with Crippen molar-refractivity contribution >= 4 is 15.9 Å². The summed E-state index contributed by atoms with van der Waals surface area (Å²) in [4.78, 5) is 0. The van der Waals surface area contributed by atoms with E-state index in [1.807, 2.05) is 20.0 Å². The molecule has 0 aliphatic carbocycles. The van der Waals surface area contributed by atoms with Crippen LogP contribution in [0.2, 0.25) is 0 Å². The SMILES string of the molecule is CCOc1ccc(C(NC)C(C)C)cc1Br. The Balaban J connectivity index is 2.95. The maximum absolute atomic E-state index is 5.50. The van der Waals surface area contributed by atoms with Crippen LogP contribution in [0.4, 0.5) is 0 Å². The lowest BCUT2D eigenvalue weighted by Gasteiger charge is -2.21. The molecule has 1 N–H and O–H groups in total. The molecule has 0 heterocycles. The zero-order valence-corrected chi connectivity index (χ0v) is 12.0. The van der Waals surface area contributed by atoms with E-state index in [4.69, 9.17) is 4.74 Å². The Kier molecular flexibility index (Phi) is 5.29. The fourth-order valence-electron chi connectivity index (χ4n) is 1.87. The quantitative estimate of drug-likeness (QED) is 0.889. The molecule has 0 aromatic heterocycles. The lowest BCUT2D eigenvalue weighted by molar-refractivity contribution is 0.337. The lowest BCUT2D eigenvalue weighted by Crippen LogP contribution is -2.21. The Hall–Kier alpha value is -0.540. The van der Waals surface area contributed by atoms with Crippen molar-refractivity contribution in [3.05, 3.63) is 28.2 Å². The van der Waals surface area contributed by atoms with Crippen molar-refractivity contribution in [3.8, 4) is 5.75 Å². The van der Waals surface area contributed by atoms with Crippen molar-refractivity contribution in [2.24, 2.45) is 5.92 Å². The Morgan fingerprint density at radius 3 is 2.50 bits per heavy atom. The van der Waals surface area contributed by atoms with Crippen molar-refractivity contribution in [3.63, 3.8) is 0 Å². The van der Waals surface area contributed by atoms with Gasteiger partial charge in [0.25, 0.3) is 0 Å². The summed E-state index contributed by atoms with van der Waals surface area (Å²) < 4.78 is 6.52. The topological polar surface area (TPSA) is 21.3 Å². The fraction of sp³-hybridized carbons (Fsp3) is 0.538. The van der Waals surface area contributed by atoms with E-state index < -0.39 is 0 Å². The largest absolute Gasteiger partial charge is 0.493 e. The Morgan fingerprint density at radius 2 is 2.06 bits per heavy atom. The average Bonchev–Trinajstić information content (AvgIpc) is 2.22. The van der Waals surface area contributed by atoms with Gasteiger partial charge in [0, 0.05) is 6.04 Å². The fourth-order valence-corrected chi connectivity index (χ4v) is 2.38. The molecule has 1 rings (SSSR count). The third kappa shape index (κ3) is 3.22. The second-order valence-corrected chi connectivity index (χ2v) is 4.99. The maximum Gasteiger partial charge on any atom is 0.133 e. The highest BCUT2D eigenvalue weighted by molar-refractivity contribution is 9.10. The first-order valence-corrected chi connectivity index (χ1v) is 6.49. The summed E-state index contributed by atoms with van der Waals surface area (Å²) in [6.45, 7) is 7.11. The predicted octanol–water partition coefficient (Wildman–Crippen LogP) is 3.76. The van der Waals surface area contributed by atoms with Gasteiger partial charge in [-0.2, -0.15) is 0 Å². The minimum atomic E-state index is 0.381. The molecule has 0 aliphatic rings. The van der Waals surface area contributed by atoms with Gasteiger partial charge in [-0.15, -0.1) is 0 Å². The number of hydrogen-bond donors (Lipinski definition) is 1. The number of nitrogens with one attached hydrogen (secondary N) is 1.